The second kappa shape index (κ2) is 55.8. The minimum atomic E-state index is -4.95. The maximum Gasteiger partial charge on any atom is 0.472 e. The number of ether oxygens (including phenoxy) is 4. The topological polar surface area (TPSA) is 237 Å². The van der Waals surface area contributed by atoms with E-state index >= 15 is 0 Å². The first-order valence-electron chi connectivity index (χ1n) is 33.2. The summed E-state index contributed by atoms with van der Waals surface area (Å²) in [7, 11) is -9.90. The SMILES string of the molecule is CCCCCC/C=C\C=C/CCCCCCCC(=O)O[C@H](COC(=O)CCCCCCCCCC(C)C)COP(=O)(O)OC[C@@H](O)COP(=O)(O)OC[C@@H](COC(=O)CCCCCCCCC(C)CC)OC(=O)CCCCCCCCC(C)C. The van der Waals surface area contributed by atoms with Crippen molar-refractivity contribution >= 4 is 39.5 Å². The molecule has 494 valence electrons. The lowest BCUT2D eigenvalue weighted by Gasteiger charge is -2.21. The lowest BCUT2D eigenvalue weighted by molar-refractivity contribution is -0.161. The smallest absolute Gasteiger partial charge is 0.462 e. The van der Waals surface area contributed by atoms with Crippen molar-refractivity contribution in [2.45, 2.75) is 311 Å². The molecule has 0 bridgehead atoms. The molecule has 0 aromatic carbocycles. The molecule has 0 fully saturated rings. The van der Waals surface area contributed by atoms with Crippen molar-refractivity contribution in [2.75, 3.05) is 39.6 Å². The van der Waals surface area contributed by atoms with Gasteiger partial charge in [-0.1, -0.05) is 240 Å². The van der Waals surface area contributed by atoms with E-state index < -0.39 is 97.5 Å². The van der Waals surface area contributed by atoms with Crippen molar-refractivity contribution in [3.63, 3.8) is 0 Å². The standard InChI is InChI=1S/C65H122O17P2/c1-8-10-11-12-13-14-15-16-17-18-19-20-23-34-41-48-64(69)81-60(52-75-62(67)46-39-32-24-21-22-29-36-43-56(3)4)54-79-83(71,72)77-50-59(66)51-78-84(73,74)80-55-61(82-65(70)49-42-35-27-25-30-37-44-57(5)6)53-76-63(68)47-40-33-28-26-31-38-45-58(7)9-2/h14-17,56-61,66H,8-13,18-55H2,1-7H3,(H,71,72)(H,73,74)/b15-14-,17-16-/t58?,59-,60-,61-/m1/s1. The molecule has 0 radical (unpaired) electrons. The second-order valence-corrected chi connectivity index (χ2v) is 26.9. The fourth-order valence-electron chi connectivity index (χ4n) is 9.08. The summed E-state index contributed by atoms with van der Waals surface area (Å²) in [6, 6.07) is 0. The summed E-state index contributed by atoms with van der Waals surface area (Å²) >= 11 is 0. The number of rotatable bonds is 61. The molecule has 0 aliphatic heterocycles. The van der Waals surface area contributed by atoms with Crippen LogP contribution in [0.15, 0.2) is 24.3 Å². The van der Waals surface area contributed by atoms with E-state index in [1.807, 2.05) is 0 Å². The Kier molecular flexibility index (Phi) is 54.2. The van der Waals surface area contributed by atoms with Gasteiger partial charge in [0.05, 0.1) is 26.4 Å². The Labute approximate surface area is 510 Å². The number of carbonyl (C=O) groups is 4. The summed E-state index contributed by atoms with van der Waals surface area (Å²) in [5.74, 6) is -0.0729. The van der Waals surface area contributed by atoms with Crippen molar-refractivity contribution in [2.24, 2.45) is 17.8 Å². The Morgan fingerprint density at radius 3 is 1.06 bits per heavy atom. The van der Waals surface area contributed by atoms with Gasteiger partial charge >= 0.3 is 39.5 Å². The zero-order valence-corrected chi connectivity index (χ0v) is 55.6. The van der Waals surface area contributed by atoms with Gasteiger partial charge in [-0.3, -0.25) is 37.3 Å². The van der Waals surface area contributed by atoms with Crippen LogP contribution in [-0.2, 0) is 65.4 Å². The van der Waals surface area contributed by atoms with Crippen molar-refractivity contribution in [3.05, 3.63) is 24.3 Å². The van der Waals surface area contributed by atoms with E-state index in [1.54, 1.807) is 0 Å². The van der Waals surface area contributed by atoms with Crippen molar-refractivity contribution in [1.29, 1.82) is 0 Å². The predicted octanol–water partition coefficient (Wildman–Crippen LogP) is 17.4. The molecule has 0 aliphatic carbocycles. The van der Waals surface area contributed by atoms with E-state index in [4.69, 9.17) is 37.0 Å². The van der Waals surface area contributed by atoms with Crippen LogP contribution in [0.1, 0.15) is 292 Å². The number of carbonyl (C=O) groups excluding carboxylic acids is 4. The summed E-state index contributed by atoms with van der Waals surface area (Å²) in [4.78, 5) is 72.2. The van der Waals surface area contributed by atoms with Crippen molar-refractivity contribution in [3.8, 4) is 0 Å². The fourth-order valence-corrected chi connectivity index (χ4v) is 10.7. The van der Waals surface area contributed by atoms with Gasteiger partial charge in [0.2, 0.25) is 0 Å². The third-order valence-corrected chi connectivity index (χ3v) is 16.5. The van der Waals surface area contributed by atoms with Gasteiger partial charge in [0.25, 0.3) is 0 Å². The van der Waals surface area contributed by atoms with Gasteiger partial charge in [0.15, 0.2) is 12.2 Å². The number of hydrogen-bond donors (Lipinski definition) is 3. The molecule has 0 aliphatic rings. The van der Waals surface area contributed by atoms with Crippen LogP contribution in [0.2, 0.25) is 0 Å². The molecule has 17 nitrogen and oxygen atoms in total. The molecular weight excluding hydrogens is 1110 g/mol. The average molecular weight is 1240 g/mol. The molecule has 0 aromatic rings. The molecule has 0 rings (SSSR count). The van der Waals surface area contributed by atoms with Gasteiger partial charge in [-0.25, -0.2) is 9.13 Å². The molecule has 3 unspecified atom stereocenters. The number of phosphoric acid groups is 2. The van der Waals surface area contributed by atoms with Crippen molar-refractivity contribution in [1.82, 2.24) is 0 Å². The van der Waals surface area contributed by atoms with Crippen molar-refractivity contribution < 1.29 is 80.2 Å². The zero-order valence-electron chi connectivity index (χ0n) is 53.8. The molecule has 0 heterocycles. The lowest BCUT2D eigenvalue weighted by Crippen LogP contribution is -2.30. The third kappa shape index (κ3) is 57.3. The lowest BCUT2D eigenvalue weighted by atomic mass is 10.00. The van der Waals surface area contributed by atoms with Gasteiger partial charge in [-0.2, -0.15) is 0 Å². The van der Waals surface area contributed by atoms with Crippen LogP contribution < -0.4 is 0 Å². The fraction of sp³-hybridized carbons (Fsp3) is 0.877. The Balaban J connectivity index is 5.28. The predicted molar refractivity (Wildman–Crippen MR) is 335 cm³/mol. The van der Waals surface area contributed by atoms with Crippen LogP contribution in [0, 0.1) is 17.8 Å². The summed E-state index contributed by atoms with van der Waals surface area (Å²) < 4.78 is 67.9. The van der Waals surface area contributed by atoms with E-state index in [0.29, 0.717) is 37.5 Å². The highest BCUT2D eigenvalue weighted by Crippen LogP contribution is 2.45. The number of unbranched alkanes of at least 4 members (excludes halogenated alkanes) is 25. The van der Waals surface area contributed by atoms with E-state index in [1.165, 1.54) is 77.0 Å². The number of esters is 4. The Morgan fingerprint density at radius 2 is 0.702 bits per heavy atom. The first kappa shape index (κ1) is 81.5. The highest BCUT2D eigenvalue weighted by atomic mass is 31.2. The molecule has 0 saturated carbocycles. The number of aliphatic hydroxyl groups excluding tert-OH is 1. The average Bonchev–Trinajstić information content (AvgIpc) is 3.51. The van der Waals surface area contributed by atoms with Gasteiger partial charge in [0, 0.05) is 25.7 Å². The van der Waals surface area contributed by atoms with E-state index in [-0.39, 0.29) is 25.7 Å². The Hall–Kier alpha value is -2.46. The van der Waals surface area contributed by atoms with E-state index in [0.717, 1.165) is 121 Å². The first-order chi connectivity index (χ1) is 40.3. The quantitative estimate of drug-likeness (QED) is 0.0169. The van der Waals surface area contributed by atoms with Crippen LogP contribution in [-0.4, -0.2) is 96.7 Å². The summed E-state index contributed by atoms with van der Waals surface area (Å²) in [5, 5.41) is 10.5. The maximum atomic E-state index is 13.0. The minimum absolute atomic E-state index is 0.0834. The molecule has 0 amide bonds. The Morgan fingerprint density at radius 1 is 0.393 bits per heavy atom. The Bertz CT molecular complexity index is 1760. The highest BCUT2D eigenvalue weighted by Gasteiger charge is 2.30. The minimum Gasteiger partial charge on any atom is -0.462 e. The van der Waals surface area contributed by atoms with Crippen LogP contribution in [0.3, 0.4) is 0 Å². The van der Waals surface area contributed by atoms with Crippen LogP contribution in [0.25, 0.3) is 0 Å². The second-order valence-electron chi connectivity index (χ2n) is 24.0. The molecule has 0 aromatic heterocycles. The van der Waals surface area contributed by atoms with Crippen LogP contribution in [0.4, 0.5) is 0 Å². The number of hydrogen-bond acceptors (Lipinski definition) is 15. The normalized spacial score (nSPS) is 14.9. The summed E-state index contributed by atoms with van der Waals surface area (Å²) in [5.41, 5.74) is 0. The molecule has 0 saturated heterocycles. The van der Waals surface area contributed by atoms with Gasteiger partial charge in [-0.05, 0) is 69.1 Å². The molecule has 84 heavy (non-hydrogen) atoms. The van der Waals surface area contributed by atoms with Crippen LogP contribution >= 0.6 is 15.6 Å². The maximum absolute atomic E-state index is 13.0. The van der Waals surface area contributed by atoms with E-state index in [2.05, 4.69) is 72.8 Å². The molecular formula is C65H122O17P2. The number of aliphatic hydroxyl groups is 1. The summed E-state index contributed by atoms with van der Waals surface area (Å²) in [6.07, 6.45) is 40.1. The number of phosphoric ester groups is 2. The molecule has 3 N–H and O–H groups in total. The third-order valence-electron chi connectivity index (χ3n) is 14.6. The van der Waals surface area contributed by atoms with E-state index in [9.17, 15) is 43.2 Å². The molecule has 19 heteroatoms. The van der Waals surface area contributed by atoms with Gasteiger partial charge in [-0.15, -0.1) is 0 Å². The molecule has 6 atom stereocenters. The van der Waals surface area contributed by atoms with Crippen LogP contribution in [0.5, 0.6) is 0 Å². The molecule has 0 spiro atoms. The highest BCUT2D eigenvalue weighted by molar-refractivity contribution is 7.47. The van der Waals surface area contributed by atoms with Gasteiger partial charge < -0.3 is 33.8 Å². The zero-order chi connectivity index (χ0) is 62.4. The monoisotopic (exact) mass is 1240 g/mol. The number of allylic oxidation sites excluding steroid dienone is 4. The largest absolute Gasteiger partial charge is 0.472 e. The summed E-state index contributed by atoms with van der Waals surface area (Å²) in [6.45, 7) is 11.5. The first-order valence-corrected chi connectivity index (χ1v) is 36.2. The van der Waals surface area contributed by atoms with Gasteiger partial charge in [0.1, 0.15) is 19.3 Å².